The monoisotopic (exact) mass is 352 g/mol. The molecule has 1 fully saturated rings. The van der Waals surface area contributed by atoms with Crippen LogP contribution < -0.4 is 11.2 Å². The van der Waals surface area contributed by atoms with E-state index >= 15 is 0 Å². The van der Waals surface area contributed by atoms with Crippen LogP contribution in [0.2, 0.25) is 0 Å². The molecule has 138 valence electrons. The molecule has 8 heteroatoms. The van der Waals surface area contributed by atoms with Gasteiger partial charge in [0.25, 0.3) is 5.56 Å². The van der Waals surface area contributed by atoms with Crippen molar-refractivity contribution in [2.45, 2.75) is 46.1 Å². The number of carbonyl (C=O) groups is 2. The number of rotatable bonds is 5. The minimum atomic E-state index is -0.961. The number of nitrogens with one attached hydrogen (secondary N) is 2. The van der Waals surface area contributed by atoms with Gasteiger partial charge in [0.15, 0.2) is 6.61 Å². The Bertz CT molecular complexity index is 707. The molecule has 25 heavy (non-hydrogen) atoms. The van der Waals surface area contributed by atoms with E-state index in [0.29, 0.717) is 17.8 Å². The fraction of sp³-hybridized carbons (Fsp3) is 0.647. The van der Waals surface area contributed by atoms with E-state index in [2.05, 4.69) is 25.8 Å². The Balaban J connectivity index is 1.92. The zero-order valence-corrected chi connectivity index (χ0v) is 14.7. The van der Waals surface area contributed by atoms with Crippen molar-refractivity contribution in [2.24, 2.45) is 17.8 Å². The van der Waals surface area contributed by atoms with E-state index in [-0.39, 0.29) is 11.8 Å². The summed E-state index contributed by atoms with van der Waals surface area (Å²) in [6.45, 7) is 5.76. The van der Waals surface area contributed by atoms with E-state index in [0.717, 1.165) is 25.3 Å². The van der Waals surface area contributed by atoms with E-state index in [1.54, 1.807) is 0 Å². The van der Waals surface area contributed by atoms with Crippen LogP contribution in [0.15, 0.2) is 15.7 Å². The lowest BCUT2D eigenvalue weighted by Gasteiger charge is -2.36. The number of hydrogen-bond acceptors (Lipinski definition) is 6. The Morgan fingerprint density at radius 3 is 2.60 bits per heavy atom. The highest BCUT2D eigenvalue weighted by Gasteiger charge is 2.33. The molecule has 1 heterocycles. The van der Waals surface area contributed by atoms with Crippen LogP contribution in [0.4, 0.5) is 0 Å². The zero-order chi connectivity index (χ0) is 18.6. The smallest absolute Gasteiger partial charge is 0.355 e. The molecule has 2 N–H and O–H groups in total. The van der Waals surface area contributed by atoms with E-state index in [1.807, 2.05) is 4.98 Å². The lowest BCUT2D eigenvalue weighted by atomic mass is 9.75. The molecule has 8 nitrogen and oxygen atoms in total. The fourth-order valence-corrected chi connectivity index (χ4v) is 3.23. The number of hydrogen-bond donors (Lipinski definition) is 2. The van der Waals surface area contributed by atoms with Crippen molar-refractivity contribution in [3.05, 3.63) is 32.6 Å². The predicted octanol–water partition coefficient (Wildman–Crippen LogP) is 1.22. The molecule has 0 saturated heterocycles. The predicted molar refractivity (Wildman–Crippen MR) is 89.2 cm³/mol. The molecule has 0 amide bonds. The second-order valence-electron chi connectivity index (χ2n) is 6.93. The van der Waals surface area contributed by atoms with Crippen molar-refractivity contribution in [1.29, 1.82) is 0 Å². The lowest BCUT2D eigenvalue weighted by molar-refractivity contribution is -0.159. The van der Waals surface area contributed by atoms with Crippen molar-refractivity contribution < 1.29 is 19.1 Å². The van der Waals surface area contributed by atoms with Gasteiger partial charge in [0.05, 0.1) is 0 Å². The summed E-state index contributed by atoms with van der Waals surface area (Å²) in [6.07, 6.45) is 2.73. The molecule has 1 saturated carbocycles. The average molecular weight is 352 g/mol. The molecular weight excluding hydrogens is 328 g/mol. The van der Waals surface area contributed by atoms with Crippen molar-refractivity contribution in [3.8, 4) is 0 Å². The summed E-state index contributed by atoms with van der Waals surface area (Å²) in [6, 6.07) is 0.896. The Morgan fingerprint density at radius 2 is 1.96 bits per heavy atom. The Kier molecular flexibility index (Phi) is 6.17. The summed E-state index contributed by atoms with van der Waals surface area (Å²) in [7, 11) is 0. The first-order valence-corrected chi connectivity index (χ1v) is 8.46. The quantitative estimate of drug-likeness (QED) is 0.769. The summed E-state index contributed by atoms with van der Waals surface area (Å²) >= 11 is 0. The molecular formula is C17H24N2O6. The summed E-state index contributed by atoms with van der Waals surface area (Å²) < 4.78 is 10.3. The number of aromatic nitrogens is 2. The zero-order valence-electron chi connectivity index (χ0n) is 14.7. The van der Waals surface area contributed by atoms with Gasteiger partial charge >= 0.3 is 17.6 Å². The maximum absolute atomic E-state index is 12.0. The van der Waals surface area contributed by atoms with E-state index in [9.17, 15) is 19.2 Å². The normalized spacial score (nSPS) is 23.3. The summed E-state index contributed by atoms with van der Waals surface area (Å²) in [4.78, 5) is 50.2. The maximum atomic E-state index is 12.0. The van der Waals surface area contributed by atoms with Gasteiger partial charge < -0.3 is 14.5 Å². The molecule has 0 aromatic carbocycles. The van der Waals surface area contributed by atoms with Gasteiger partial charge in [0, 0.05) is 6.07 Å². The molecule has 3 atom stereocenters. The average Bonchev–Trinajstić information content (AvgIpc) is 2.51. The summed E-state index contributed by atoms with van der Waals surface area (Å²) in [5.74, 6) is -0.423. The first-order valence-electron chi connectivity index (χ1n) is 8.46. The Hall–Kier alpha value is -2.38. The third kappa shape index (κ3) is 5.30. The van der Waals surface area contributed by atoms with Crippen molar-refractivity contribution in [3.63, 3.8) is 0 Å². The molecule has 1 aliphatic rings. The van der Waals surface area contributed by atoms with Crippen molar-refractivity contribution in [1.82, 2.24) is 9.97 Å². The molecule has 1 aliphatic carbocycles. The molecule has 2 rings (SSSR count). The van der Waals surface area contributed by atoms with Gasteiger partial charge in [-0.3, -0.25) is 9.78 Å². The fourth-order valence-electron chi connectivity index (χ4n) is 3.23. The molecule has 1 aromatic rings. The van der Waals surface area contributed by atoms with Crippen LogP contribution in [-0.2, 0) is 14.3 Å². The number of ether oxygens (including phenoxy) is 2. The molecule has 0 spiro atoms. The van der Waals surface area contributed by atoms with Crippen LogP contribution in [0, 0.1) is 17.8 Å². The Labute approximate surface area is 144 Å². The van der Waals surface area contributed by atoms with Gasteiger partial charge in [0.2, 0.25) is 0 Å². The number of H-pyrrole nitrogens is 2. The topological polar surface area (TPSA) is 118 Å². The Morgan fingerprint density at radius 1 is 1.24 bits per heavy atom. The first kappa shape index (κ1) is 19.0. The maximum Gasteiger partial charge on any atom is 0.355 e. The third-order valence-corrected chi connectivity index (χ3v) is 4.55. The molecule has 1 aromatic heterocycles. The number of aromatic amines is 2. The number of esters is 2. The van der Waals surface area contributed by atoms with Crippen molar-refractivity contribution >= 4 is 11.9 Å². The second kappa shape index (κ2) is 8.13. The highest BCUT2D eigenvalue weighted by Crippen LogP contribution is 2.35. The highest BCUT2D eigenvalue weighted by atomic mass is 16.6. The van der Waals surface area contributed by atoms with E-state index < -0.39 is 29.8 Å². The molecule has 0 aliphatic heterocycles. The molecule has 0 unspecified atom stereocenters. The van der Waals surface area contributed by atoms with Crippen LogP contribution in [-0.4, -0.2) is 34.6 Å². The first-order chi connectivity index (χ1) is 11.8. The van der Waals surface area contributed by atoms with Crippen LogP contribution in [0.5, 0.6) is 0 Å². The van der Waals surface area contributed by atoms with Gasteiger partial charge in [-0.15, -0.1) is 0 Å². The standard InChI is InChI=1S/C17H24N2O6/c1-9(2)11-5-4-10(3)6-13(11)25-15(21)8-24-16(22)12-7-14(20)19-17(23)18-12/h7,9-11,13H,4-6,8H2,1-3H3,(H2,18,19,20,23)/t10-,11-,13-/m1/s1. The van der Waals surface area contributed by atoms with Gasteiger partial charge in [-0.1, -0.05) is 27.2 Å². The van der Waals surface area contributed by atoms with Gasteiger partial charge in [-0.2, -0.15) is 0 Å². The molecule has 0 bridgehead atoms. The van der Waals surface area contributed by atoms with Gasteiger partial charge in [-0.05, 0) is 30.6 Å². The van der Waals surface area contributed by atoms with Crippen molar-refractivity contribution in [2.75, 3.05) is 6.61 Å². The summed E-state index contributed by atoms with van der Waals surface area (Å²) in [5, 5.41) is 0. The third-order valence-electron chi connectivity index (χ3n) is 4.55. The lowest BCUT2D eigenvalue weighted by Crippen LogP contribution is -2.37. The minimum Gasteiger partial charge on any atom is -0.460 e. The van der Waals surface area contributed by atoms with E-state index in [1.165, 1.54) is 0 Å². The van der Waals surface area contributed by atoms with Crippen LogP contribution in [0.3, 0.4) is 0 Å². The minimum absolute atomic E-state index is 0.186. The van der Waals surface area contributed by atoms with Gasteiger partial charge in [0.1, 0.15) is 11.8 Å². The largest absolute Gasteiger partial charge is 0.460 e. The van der Waals surface area contributed by atoms with Crippen LogP contribution in [0.25, 0.3) is 0 Å². The highest BCUT2D eigenvalue weighted by molar-refractivity contribution is 5.88. The van der Waals surface area contributed by atoms with Crippen LogP contribution in [0.1, 0.15) is 50.5 Å². The van der Waals surface area contributed by atoms with E-state index in [4.69, 9.17) is 9.47 Å². The van der Waals surface area contributed by atoms with Crippen LogP contribution >= 0.6 is 0 Å². The summed E-state index contributed by atoms with van der Waals surface area (Å²) in [5.41, 5.74) is -1.86. The molecule has 0 radical (unpaired) electrons. The number of carbonyl (C=O) groups excluding carboxylic acids is 2. The van der Waals surface area contributed by atoms with Gasteiger partial charge in [-0.25, -0.2) is 14.4 Å². The SMILES string of the molecule is CC(C)[C@H]1CC[C@@H](C)C[C@H]1OC(=O)COC(=O)c1cc(=O)[nH]c(=O)[nH]1. The second-order valence-corrected chi connectivity index (χ2v) is 6.93.